The van der Waals surface area contributed by atoms with Crippen LogP contribution in [0.25, 0.3) is 0 Å². The van der Waals surface area contributed by atoms with Crippen molar-refractivity contribution < 1.29 is 4.79 Å². The zero-order chi connectivity index (χ0) is 19.5. The second kappa shape index (κ2) is 13.7. The van der Waals surface area contributed by atoms with Crippen molar-refractivity contribution in [1.29, 1.82) is 0 Å². The SMILES string of the molecule is CN=C(NCCSc1ccc(Cl)cc1)NCCc1cccc(C(=O)NC)c1.I. The van der Waals surface area contributed by atoms with Gasteiger partial charge in [0.2, 0.25) is 0 Å². The first kappa shape index (κ1) is 24.6. The van der Waals surface area contributed by atoms with Crippen LogP contribution in [0.1, 0.15) is 15.9 Å². The van der Waals surface area contributed by atoms with Gasteiger partial charge in [-0.25, -0.2) is 0 Å². The fraction of sp³-hybridized carbons (Fsp3) is 0.300. The first-order valence-corrected chi connectivity index (χ1v) is 10.1. The van der Waals surface area contributed by atoms with Gasteiger partial charge in [-0.3, -0.25) is 9.79 Å². The van der Waals surface area contributed by atoms with Crippen LogP contribution in [0.5, 0.6) is 0 Å². The van der Waals surface area contributed by atoms with E-state index in [2.05, 4.69) is 20.9 Å². The predicted molar refractivity (Wildman–Crippen MR) is 130 cm³/mol. The Kier molecular flexibility index (Phi) is 12.0. The topological polar surface area (TPSA) is 65.5 Å². The minimum atomic E-state index is -0.0690. The minimum absolute atomic E-state index is 0. The van der Waals surface area contributed by atoms with Gasteiger partial charge in [0.1, 0.15) is 0 Å². The van der Waals surface area contributed by atoms with Crippen molar-refractivity contribution in [1.82, 2.24) is 16.0 Å². The molecule has 2 aromatic rings. The standard InChI is InChI=1S/C20H25ClN4OS.HI/c1-22-19(26)16-5-3-4-15(14-16)10-11-24-20(23-2)25-12-13-27-18-8-6-17(21)7-9-18;/h3-9,14H,10-13H2,1-2H3,(H,22,26)(H2,23,24,25);1H. The Labute approximate surface area is 193 Å². The third-order valence-corrected chi connectivity index (χ3v) is 5.09. The summed E-state index contributed by atoms with van der Waals surface area (Å²) in [4.78, 5) is 17.1. The van der Waals surface area contributed by atoms with E-state index < -0.39 is 0 Å². The summed E-state index contributed by atoms with van der Waals surface area (Å²) < 4.78 is 0. The number of carbonyl (C=O) groups excluding carboxylic acids is 1. The number of hydrogen-bond donors (Lipinski definition) is 3. The van der Waals surface area contributed by atoms with Crippen LogP contribution in [0.15, 0.2) is 58.4 Å². The highest BCUT2D eigenvalue weighted by Crippen LogP contribution is 2.19. The Balaban J connectivity index is 0.00000392. The molecule has 0 heterocycles. The number of carbonyl (C=O) groups is 1. The summed E-state index contributed by atoms with van der Waals surface area (Å²) in [5, 5.41) is 10.00. The highest BCUT2D eigenvalue weighted by atomic mass is 127. The molecule has 1 amide bonds. The fourth-order valence-electron chi connectivity index (χ4n) is 2.43. The molecule has 3 N–H and O–H groups in total. The van der Waals surface area contributed by atoms with Crippen molar-refractivity contribution in [2.24, 2.45) is 4.99 Å². The fourth-order valence-corrected chi connectivity index (χ4v) is 3.32. The van der Waals surface area contributed by atoms with Crippen LogP contribution in [-0.4, -0.2) is 44.8 Å². The maximum absolute atomic E-state index is 11.7. The van der Waals surface area contributed by atoms with E-state index in [0.717, 1.165) is 41.8 Å². The number of benzene rings is 2. The Morgan fingerprint density at radius 3 is 2.50 bits per heavy atom. The molecular formula is C20H26ClIN4OS. The van der Waals surface area contributed by atoms with Crippen molar-refractivity contribution in [2.45, 2.75) is 11.3 Å². The third-order valence-electron chi connectivity index (χ3n) is 3.82. The van der Waals surface area contributed by atoms with Gasteiger partial charge in [-0.15, -0.1) is 35.7 Å². The highest BCUT2D eigenvalue weighted by Gasteiger charge is 2.04. The van der Waals surface area contributed by atoms with Gasteiger partial charge >= 0.3 is 0 Å². The molecule has 8 heteroatoms. The largest absolute Gasteiger partial charge is 0.356 e. The van der Waals surface area contributed by atoms with Gasteiger partial charge in [0.05, 0.1) is 0 Å². The number of amides is 1. The van der Waals surface area contributed by atoms with Gasteiger partial charge in [0, 0.05) is 48.4 Å². The molecule has 152 valence electrons. The maximum Gasteiger partial charge on any atom is 0.251 e. The van der Waals surface area contributed by atoms with Crippen molar-refractivity contribution in [3.8, 4) is 0 Å². The number of nitrogens with zero attached hydrogens (tertiary/aromatic N) is 1. The van der Waals surface area contributed by atoms with Crippen LogP contribution in [0.2, 0.25) is 5.02 Å². The van der Waals surface area contributed by atoms with E-state index in [-0.39, 0.29) is 29.9 Å². The molecule has 5 nitrogen and oxygen atoms in total. The van der Waals surface area contributed by atoms with Gasteiger partial charge in [-0.05, 0) is 48.4 Å². The van der Waals surface area contributed by atoms with Gasteiger partial charge in [0.15, 0.2) is 5.96 Å². The summed E-state index contributed by atoms with van der Waals surface area (Å²) in [5.41, 5.74) is 1.79. The lowest BCUT2D eigenvalue weighted by Crippen LogP contribution is -2.39. The summed E-state index contributed by atoms with van der Waals surface area (Å²) in [7, 11) is 3.39. The Bertz CT molecular complexity index is 771. The second-order valence-corrected chi connectivity index (χ2v) is 7.36. The molecule has 0 aliphatic heterocycles. The smallest absolute Gasteiger partial charge is 0.251 e. The Hall–Kier alpha value is -1.45. The summed E-state index contributed by atoms with van der Waals surface area (Å²) in [5.74, 6) is 1.63. The van der Waals surface area contributed by atoms with Crippen LogP contribution >= 0.6 is 47.3 Å². The van der Waals surface area contributed by atoms with E-state index in [1.807, 2.05) is 48.5 Å². The molecule has 0 spiro atoms. The summed E-state index contributed by atoms with van der Waals surface area (Å²) in [6, 6.07) is 15.5. The lowest BCUT2D eigenvalue weighted by molar-refractivity contribution is 0.0963. The van der Waals surface area contributed by atoms with Gasteiger partial charge in [0.25, 0.3) is 5.91 Å². The van der Waals surface area contributed by atoms with Gasteiger partial charge < -0.3 is 16.0 Å². The summed E-state index contributed by atoms with van der Waals surface area (Å²) in [6.07, 6.45) is 0.811. The lowest BCUT2D eigenvalue weighted by atomic mass is 10.1. The van der Waals surface area contributed by atoms with Crippen molar-refractivity contribution in [3.05, 3.63) is 64.7 Å². The number of guanidine groups is 1. The molecule has 2 rings (SSSR count). The molecule has 0 aliphatic carbocycles. The first-order valence-electron chi connectivity index (χ1n) is 8.76. The summed E-state index contributed by atoms with van der Waals surface area (Å²) in [6.45, 7) is 1.54. The molecule has 0 fully saturated rings. The minimum Gasteiger partial charge on any atom is -0.356 e. The van der Waals surface area contributed by atoms with Gasteiger partial charge in [-0.1, -0.05) is 23.7 Å². The van der Waals surface area contributed by atoms with Crippen LogP contribution < -0.4 is 16.0 Å². The van der Waals surface area contributed by atoms with Crippen LogP contribution in [0.3, 0.4) is 0 Å². The first-order chi connectivity index (χ1) is 13.1. The van der Waals surface area contributed by atoms with Crippen LogP contribution in [0.4, 0.5) is 0 Å². The van der Waals surface area contributed by atoms with Crippen molar-refractivity contribution >= 4 is 59.2 Å². The van der Waals surface area contributed by atoms with E-state index in [0.29, 0.717) is 5.56 Å². The third kappa shape index (κ3) is 8.70. The van der Waals surface area contributed by atoms with E-state index >= 15 is 0 Å². The molecule has 0 bridgehead atoms. The van der Waals surface area contributed by atoms with E-state index in [4.69, 9.17) is 11.6 Å². The average molecular weight is 533 g/mol. The molecule has 0 atom stereocenters. The number of rotatable bonds is 8. The number of nitrogens with one attached hydrogen (secondary N) is 3. The molecule has 2 aromatic carbocycles. The molecule has 0 unspecified atom stereocenters. The van der Waals surface area contributed by atoms with Crippen LogP contribution in [-0.2, 0) is 6.42 Å². The molecule has 0 radical (unpaired) electrons. The zero-order valence-corrected chi connectivity index (χ0v) is 19.9. The molecule has 0 aromatic heterocycles. The van der Waals surface area contributed by atoms with Crippen LogP contribution in [0, 0.1) is 0 Å². The quantitative estimate of drug-likeness (QED) is 0.159. The number of aliphatic imine (C=N–C) groups is 1. The number of halogens is 2. The maximum atomic E-state index is 11.7. The van der Waals surface area contributed by atoms with E-state index in [9.17, 15) is 4.79 Å². The molecule has 28 heavy (non-hydrogen) atoms. The van der Waals surface area contributed by atoms with E-state index in [1.165, 1.54) is 4.90 Å². The predicted octanol–water partition coefficient (Wildman–Crippen LogP) is 3.82. The highest BCUT2D eigenvalue weighted by molar-refractivity contribution is 14.0. The Morgan fingerprint density at radius 1 is 1.11 bits per heavy atom. The van der Waals surface area contributed by atoms with E-state index in [1.54, 1.807) is 25.9 Å². The molecule has 0 saturated heterocycles. The van der Waals surface area contributed by atoms with Crippen molar-refractivity contribution in [3.63, 3.8) is 0 Å². The van der Waals surface area contributed by atoms with Gasteiger partial charge in [-0.2, -0.15) is 0 Å². The number of hydrogen-bond acceptors (Lipinski definition) is 3. The molecular weight excluding hydrogens is 507 g/mol. The van der Waals surface area contributed by atoms with Crippen molar-refractivity contribution in [2.75, 3.05) is 32.9 Å². The summed E-state index contributed by atoms with van der Waals surface area (Å²) >= 11 is 7.66. The Morgan fingerprint density at radius 2 is 1.82 bits per heavy atom. The zero-order valence-electron chi connectivity index (χ0n) is 16.0. The lowest BCUT2D eigenvalue weighted by Gasteiger charge is -2.12. The number of thioether (sulfide) groups is 1. The molecule has 0 aliphatic rings. The monoisotopic (exact) mass is 532 g/mol. The second-order valence-electron chi connectivity index (χ2n) is 5.76. The average Bonchev–Trinajstić information content (AvgIpc) is 2.70. The molecule has 0 saturated carbocycles. The normalized spacial score (nSPS) is 10.8.